The summed E-state index contributed by atoms with van der Waals surface area (Å²) in [6.07, 6.45) is 0. The van der Waals surface area contributed by atoms with E-state index in [-0.39, 0.29) is 38.8 Å². The highest BCUT2D eigenvalue weighted by molar-refractivity contribution is 7.88. The van der Waals surface area contributed by atoms with Gasteiger partial charge in [-0.25, -0.2) is 0 Å². The van der Waals surface area contributed by atoms with Crippen molar-refractivity contribution in [2.75, 3.05) is 0 Å². The summed E-state index contributed by atoms with van der Waals surface area (Å²) in [5.74, 6) is -0.995. The molecule has 0 bridgehead atoms. The Kier molecular flexibility index (Phi) is 5.90. The molecule has 0 saturated carbocycles. The Hall–Kier alpha value is -4.30. The van der Waals surface area contributed by atoms with Crippen molar-refractivity contribution < 1.29 is 48.5 Å². The molecular formula is C19H7F5N2O6S. The number of rotatable bonds is 2. The molecule has 1 N–H and O–H groups in total. The Morgan fingerprint density at radius 2 is 1.33 bits per heavy atom. The predicted octanol–water partition coefficient (Wildman–Crippen LogP) is 4.82. The topological polar surface area (TPSA) is 137 Å². The number of phenolic OH excluding ortho intramolecular Hbond substituents is 1. The number of hydrogen-bond donors (Lipinski definition) is 1. The summed E-state index contributed by atoms with van der Waals surface area (Å²) in [6, 6.07) is 7.57. The van der Waals surface area contributed by atoms with Gasteiger partial charge in [0, 0.05) is 18.2 Å². The third kappa shape index (κ3) is 4.81. The molecule has 0 amide bonds. The summed E-state index contributed by atoms with van der Waals surface area (Å²) in [5.41, 5.74) is -5.80. The van der Waals surface area contributed by atoms with Gasteiger partial charge >= 0.3 is 15.6 Å². The van der Waals surface area contributed by atoms with Crippen LogP contribution in [0.2, 0.25) is 0 Å². The summed E-state index contributed by atoms with van der Waals surface area (Å²) >= 11 is 0. The lowest BCUT2D eigenvalue weighted by molar-refractivity contribution is -0.0499. The van der Waals surface area contributed by atoms with Gasteiger partial charge in [-0.2, -0.15) is 40.9 Å². The third-order valence-electron chi connectivity index (χ3n) is 3.90. The molecule has 33 heavy (non-hydrogen) atoms. The van der Waals surface area contributed by atoms with E-state index in [1.54, 1.807) is 6.07 Å². The SMILES string of the molecule is N#Cc1cc(O)c2cc(F)oc2c1.N#Cc1cc(OS(=O)(=O)C(F)(F)F)c2cc(F)oc2c1. The number of phenols is 1. The summed E-state index contributed by atoms with van der Waals surface area (Å²) < 4.78 is 97.0. The van der Waals surface area contributed by atoms with Crippen LogP contribution in [0.15, 0.2) is 45.2 Å². The summed E-state index contributed by atoms with van der Waals surface area (Å²) in [6.45, 7) is 0. The van der Waals surface area contributed by atoms with Crippen molar-refractivity contribution in [2.45, 2.75) is 5.51 Å². The third-order valence-corrected chi connectivity index (χ3v) is 4.86. The number of halogens is 5. The lowest BCUT2D eigenvalue weighted by Crippen LogP contribution is -2.28. The van der Waals surface area contributed by atoms with Crippen LogP contribution in [-0.2, 0) is 10.1 Å². The average Bonchev–Trinajstić information content (AvgIpc) is 3.28. The lowest BCUT2D eigenvalue weighted by Gasteiger charge is -2.10. The van der Waals surface area contributed by atoms with E-state index in [0.717, 1.165) is 18.2 Å². The van der Waals surface area contributed by atoms with Crippen molar-refractivity contribution >= 4 is 32.1 Å². The van der Waals surface area contributed by atoms with Gasteiger partial charge in [0.1, 0.15) is 16.9 Å². The monoisotopic (exact) mass is 486 g/mol. The molecule has 0 saturated heterocycles. The Bertz CT molecular complexity index is 1560. The van der Waals surface area contributed by atoms with Gasteiger partial charge in [-0.1, -0.05) is 0 Å². The smallest absolute Gasteiger partial charge is 0.507 e. The zero-order valence-corrected chi connectivity index (χ0v) is 16.5. The Morgan fingerprint density at radius 3 is 1.85 bits per heavy atom. The van der Waals surface area contributed by atoms with E-state index >= 15 is 0 Å². The van der Waals surface area contributed by atoms with Crippen molar-refractivity contribution in [3.05, 3.63) is 59.6 Å². The standard InChI is InChI=1S/C10H3F4NO4S.C9H4FNO2/c11-9-3-6-7(18-9)1-5(4-15)2-8(6)19-20(16,17)10(12,13)14;10-9-3-6-7(12)1-5(4-11)2-8(6)13-9/h1-3H;1-3,12H. The van der Waals surface area contributed by atoms with Crippen molar-refractivity contribution in [3.63, 3.8) is 0 Å². The largest absolute Gasteiger partial charge is 0.534 e. The van der Waals surface area contributed by atoms with Crippen LogP contribution in [-0.4, -0.2) is 19.0 Å². The fourth-order valence-electron chi connectivity index (χ4n) is 2.53. The normalized spacial score (nSPS) is 11.5. The Morgan fingerprint density at radius 1 is 0.848 bits per heavy atom. The molecular weight excluding hydrogens is 479 g/mol. The molecule has 0 atom stereocenters. The van der Waals surface area contributed by atoms with Gasteiger partial charge in [0.15, 0.2) is 5.75 Å². The number of hydrogen-bond acceptors (Lipinski definition) is 8. The van der Waals surface area contributed by atoms with Crippen LogP contribution in [0.5, 0.6) is 11.5 Å². The maximum absolute atomic E-state index is 12.9. The number of nitrogens with zero attached hydrogens (tertiary/aromatic N) is 2. The highest BCUT2D eigenvalue weighted by Crippen LogP contribution is 2.34. The first-order valence-electron chi connectivity index (χ1n) is 8.30. The first-order chi connectivity index (χ1) is 15.3. The van der Waals surface area contributed by atoms with Gasteiger partial charge in [-0.05, 0) is 18.2 Å². The van der Waals surface area contributed by atoms with E-state index < -0.39 is 33.4 Å². The van der Waals surface area contributed by atoms with Crippen molar-refractivity contribution in [1.29, 1.82) is 10.5 Å². The van der Waals surface area contributed by atoms with Crippen LogP contribution < -0.4 is 4.18 Å². The van der Waals surface area contributed by atoms with Gasteiger partial charge in [-0.3, -0.25) is 0 Å². The van der Waals surface area contributed by atoms with Crippen molar-refractivity contribution in [3.8, 4) is 23.6 Å². The van der Waals surface area contributed by atoms with Gasteiger partial charge in [0.2, 0.25) is 0 Å². The first kappa shape index (κ1) is 23.4. The number of aromatic hydroxyl groups is 1. The molecule has 2 aromatic carbocycles. The molecule has 0 unspecified atom stereocenters. The number of fused-ring (bicyclic) bond motifs is 2. The Labute approximate surface area is 180 Å². The van der Waals surface area contributed by atoms with Crippen LogP contribution in [0.4, 0.5) is 22.0 Å². The molecule has 170 valence electrons. The molecule has 2 aromatic heterocycles. The van der Waals surface area contributed by atoms with Crippen molar-refractivity contribution in [1.82, 2.24) is 0 Å². The van der Waals surface area contributed by atoms with Gasteiger partial charge in [0.05, 0.1) is 34.0 Å². The highest BCUT2D eigenvalue weighted by atomic mass is 32.2. The molecule has 4 aromatic rings. The molecule has 0 radical (unpaired) electrons. The molecule has 8 nitrogen and oxygen atoms in total. The second-order valence-corrected chi connectivity index (χ2v) is 7.64. The predicted molar refractivity (Wildman–Crippen MR) is 99.0 cm³/mol. The fraction of sp³-hybridized carbons (Fsp3) is 0.0526. The second-order valence-electron chi connectivity index (χ2n) is 6.10. The molecule has 2 heterocycles. The maximum atomic E-state index is 12.9. The van der Waals surface area contributed by atoms with Gasteiger partial charge in [-0.15, -0.1) is 0 Å². The molecule has 14 heteroatoms. The van der Waals surface area contributed by atoms with Crippen LogP contribution in [0, 0.1) is 34.7 Å². The van der Waals surface area contributed by atoms with Gasteiger partial charge < -0.3 is 18.1 Å². The molecule has 0 aliphatic heterocycles. The quantitative estimate of drug-likeness (QED) is 0.242. The highest BCUT2D eigenvalue weighted by Gasteiger charge is 2.48. The fourth-order valence-corrected chi connectivity index (χ4v) is 3.00. The lowest BCUT2D eigenvalue weighted by atomic mass is 10.2. The van der Waals surface area contributed by atoms with Crippen LogP contribution in [0.25, 0.3) is 21.9 Å². The second kappa shape index (κ2) is 8.33. The van der Waals surface area contributed by atoms with Crippen molar-refractivity contribution in [2.24, 2.45) is 0 Å². The summed E-state index contributed by atoms with van der Waals surface area (Å²) in [5, 5.41) is 26.5. The van der Waals surface area contributed by atoms with Crippen LogP contribution in [0.3, 0.4) is 0 Å². The Balaban J connectivity index is 0.000000203. The first-order valence-corrected chi connectivity index (χ1v) is 9.71. The van der Waals surface area contributed by atoms with E-state index in [2.05, 4.69) is 13.0 Å². The zero-order chi connectivity index (χ0) is 24.6. The van der Waals surface area contributed by atoms with E-state index in [1.807, 2.05) is 6.07 Å². The summed E-state index contributed by atoms with van der Waals surface area (Å²) in [4.78, 5) is 0. The molecule has 0 aliphatic rings. The number of alkyl halides is 3. The minimum Gasteiger partial charge on any atom is -0.507 e. The molecule has 0 spiro atoms. The summed E-state index contributed by atoms with van der Waals surface area (Å²) in [7, 11) is -5.93. The average molecular weight is 486 g/mol. The number of benzene rings is 2. The minimum absolute atomic E-state index is 0.151. The maximum Gasteiger partial charge on any atom is 0.534 e. The zero-order valence-electron chi connectivity index (χ0n) is 15.6. The molecule has 0 fully saturated rings. The van der Waals surface area contributed by atoms with E-state index in [0.29, 0.717) is 6.07 Å². The van der Waals surface area contributed by atoms with E-state index in [4.69, 9.17) is 10.5 Å². The number of nitriles is 2. The minimum atomic E-state index is -5.93. The van der Waals surface area contributed by atoms with Gasteiger partial charge in [0.25, 0.3) is 12.0 Å². The van der Waals surface area contributed by atoms with E-state index in [9.17, 15) is 35.5 Å². The number of furan rings is 2. The molecule has 0 aliphatic carbocycles. The molecule has 4 rings (SSSR count). The van der Waals surface area contributed by atoms with E-state index in [1.165, 1.54) is 12.1 Å². The van der Waals surface area contributed by atoms with Crippen LogP contribution >= 0.6 is 0 Å². The van der Waals surface area contributed by atoms with Crippen LogP contribution in [0.1, 0.15) is 11.1 Å².